The summed E-state index contributed by atoms with van der Waals surface area (Å²) >= 11 is 3.31. The van der Waals surface area contributed by atoms with Gasteiger partial charge in [0.15, 0.2) is 0 Å². The summed E-state index contributed by atoms with van der Waals surface area (Å²) in [6, 6.07) is 5.67. The fraction of sp³-hybridized carbons (Fsp3) is 0.588. The summed E-state index contributed by atoms with van der Waals surface area (Å²) in [7, 11) is 0. The van der Waals surface area contributed by atoms with E-state index in [4.69, 9.17) is 4.74 Å². The van der Waals surface area contributed by atoms with E-state index in [-0.39, 0.29) is 11.8 Å². The number of hydrogen-bond donors (Lipinski definition) is 3. The first-order valence-corrected chi connectivity index (χ1v) is 8.68. The Kier molecular flexibility index (Phi) is 7.85. The molecule has 1 aromatic carbocycles. The SMILES string of the molecule is CCCC(CNC(=O)OC(C)(C)C)NCc1cccc(Br)c1O. The number of aromatic hydroxyl groups is 1. The molecule has 5 nitrogen and oxygen atoms in total. The summed E-state index contributed by atoms with van der Waals surface area (Å²) in [6.45, 7) is 8.63. The van der Waals surface area contributed by atoms with Gasteiger partial charge >= 0.3 is 6.09 Å². The van der Waals surface area contributed by atoms with Crippen LogP contribution in [0.25, 0.3) is 0 Å². The number of alkyl carbamates (subject to hydrolysis) is 1. The van der Waals surface area contributed by atoms with Crippen molar-refractivity contribution in [1.29, 1.82) is 0 Å². The van der Waals surface area contributed by atoms with Gasteiger partial charge in [-0.3, -0.25) is 0 Å². The largest absolute Gasteiger partial charge is 0.506 e. The molecule has 1 amide bonds. The number of carbonyl (C=O) groups excluding carboxylic acids is 1. The van der Waals surface area contributed by atoms with E-state index in [0.717, 1.165) is 18.4 Å². The minimum Gasteiger partial charge on any atom is -0.506 e. The Labute approximate surface area is 146 Å². The van der Waals surface area contributed by atoms with Gasteiger partial charge in [-0.25, -0.2) is 4.79 Å². The first-order chi connectivity index (χ1) is 10.7. The average molecular weight is 387 g/mol. The molecule has 1 aromatic rings. The van der Waals surface area contributed by atoms with Gasteiger partial charge in [0.25, 0.3) is 0 Å². The van der Waals surface area contributed by atoms with E-state index in [0.29, 0.717) is 17.6 Å². The molecule has 6 heteroatoms. The zero-order valence-electron chi connectivity index (χ0n) is 14.3. The Morgan fingerprint density at radius 2 is 2.09 bits per heavy atom. The summed E-state index contributed by atoms with van der Waals surface area (Å²) in [5.74, 6) is 0.246. The third-order valence-electron chi connectivity index (χ3n) is 3.18. The van der Waals surface area contributed by atoms with Crippen LogP contribution in [0.5, 0.6) is 5.75 Å². The van der Waals surface area contributed by atoms with Crippen LogP contribution in [0.1, 0.15) is 46.1 Å². The van der Waals surface area contributed by atoms with Gasteiger partial charge in [-0.15, -0.1) is 0 Å². The van der Waals surface area contributed by atoms with E-state index >= 15 is 0 Å². The van der Waals surface area contributed by atoms with Gasteiger partial charge in [0.05, 0.1) is 4.47 Å². The van der Waals surface area contributed by atoms with E-state index in [1.54, 1.807) is 6.07 Å². The number of phenols is 1. The molecule has 0 fully saturated rings. The van der Waals surface area contributed by atoms with Crippen LogP contribution in [0.4, 0.5) is 4.79 Å². The molecule has 0 saturated carbocycles. The van der Waals surface area contributed by atoms with E-state index in [1.807, 2.05) is 32.9 Å². The fourth-order valence-corrected chi connectivity index (χ4v) is 2.51. The van der Waals surface area contributed by atoms with E-state index in [2.05, 4.69) is 33.5 Å². The van der Waals surface area contributed by atoms with Gasteiger partial charge in [-0.05, 0) is 49.2 Å². The number of carbonyl (C=O) groups is 1. The molecule has 0 aromatic heterocycles. The Hall–Kier alpha value is -1.27. The number of halogens is 1. The van der Waals surface area contributed by atoms with Crippen molar-refractivity contribution in [1.82, 2.24) is 10.6 Å². The Morgan fingerprint density at radius 1 is 1.39 bits per heavy atom. The summed E-state index contributed by atoms with van der Waals surface area (Å²) in [4.78, 5) is 11.7. The second kappa shape index (κ2) is 9.13. The van der Waals surface area contributed by atoms with Gasteiger partial charge in [0.2, 0.25) is 0 Å². The number of benzene rings is 1. The molecule has 0 aliphatic carbocycles. The molecule has 0 aliphatic rings. The summed E-state index contributed by atoms with van der Waals surface area (Å²) in [6.07, 6.45) is 1.51. The van der Waals surface area contributed by atoms with E-state index < -0.39 is 11.7 Å². The lowest BCUT2D eigenvalue weighted by Crippen LogP contribution is -2.42. The fourth-order valence-electron chi connectivity index (χ4n) is 2.10. The van der Waals surface area contributed by atoms with Gasteiger partial charge in [-0.1, -0.05) is 25.5 Å². The molecular weight excluding hydrogens is 360 g/mol. The third kappa shape index (κ3) is 7.70. The van der Waals surface area contributed by atoms with Crippen molar-refractivity contribution in [3.8, 4) is 5.75 Å². The van der Waals surface area contributed by atoms with Crippen molar-refractivity contribution >= 4 is 22.0 Å². The van der Waals surface area contributed by atoms with Gasteiger partial charge < -0.3 is 20.5 Å². The molecule has 1 rings (SSSR count). The number of ether oxygens (including phenoxy) is 1. The van der Waals surface area contributed by atoms with Crippen LogP contribution in [-0.4, -0.2) is 29.4 Å². The minimum absolute atomic E-state index is 0.117. The molecule has 0 radical (unpaired) electrons. The molecule has 0 heterocycles. The van der Waals surface area contributed by atoms with Crippen LogP contribution in [0, 0.1) is 0 Å². The summed E-state index contributed by atoms with van der Waals surface area (Å²) < 4.78 is 5.92. The van der Waals surface area contributed by atoms with Crippen molar-refractivity contribution in [2.75, 3.05) is 6.54 Å². The van der Waals surface area contributed by atoms with Crippen LogP contribution in [-0.2, 0) is 11.3 Å². The molecule has 1 unspecified atom stereocenters. The highest BCUT2D eigenvalue weighted by Gasteiger charge is 2.17. The van der Waals surface area contributed by atoms with E-state index in [9.17, 15) is 9.90 Å². The Bertz CT molecular complexity index is 515. The quantitative estimate of drug-likeness (QED) is 0.663. The second-order valence-electron chi connectivity index (χ2n) is 6.50. The normalized spacial score (nSPS) is 12.7. The minimum atomic E-state index is -0.500. The first kappa shape index (κ1) is 19.8. The van der Waals surface area contributed by atoms with Crippen LogP contribution in [0.3, 0.4) is 0 Å². The zero-order chi connectivity index (χ0) is 17.5. The van der Waals surface area contributed by atoms with Crippen LogP contribution in [0.15, 0.2) is 22.7 Å². The second-order valence-corrected chi connectivity index (χ2v) is 7.35. The highest BCUT2D eigenvalue weighted by molar-refractivity contribution is 9.10. The molecule has 0 saturated heterocycles. The lowest BCUT2D eigenvalue weighted by molar-refractivity contribution is 0.0521. The predicted octanol–water partition coefficient (Wildman–Crippen LogP) is 3.94. The topological polar surface area (TPSA) is 70.6 Å². The van der Waals surface area contributed by atoms with Crippen LogP contribution in [0.2, 0.25) is 0 Å². The number of nitrogens with one attached hydrogen (secondary N) is 2. The highest BCUT2D eigenvalue weighted by atomic mass is 79.9. The molecule has 3 N–H and O–H groups in total. The summed E-state index contributed by atoms with van der Waals surface area (Å²) in [5, 5.41) is 16.2. The molecule has 23 heavy (non-hydrogen) atoms. The first-order valence-electron chi connectivity index (χ1n) is 7.89. The molecule has 0 spiro atoms. The smallest absolute Gasteiger partial charge is 0.407 e. The maximum absolute atomic E-state index is 11.7. The van der Waals surface area contributed by atoms with E-state index in [1.165, 1.54) is 0 Å². The maximum Gasteiger partial charge on any atom is 0.407 e. The van der Waals surface area contributed by atoms with Crippen molar-refractivity contribution in [2.24, 2.45) is 0 Å². The Morgan fingerprint density at radius 3 is 2.70 bits per heavy atom. The van der Waals surface area contributed by atoms with Gasteiger partial charge in [0.1, 0.15) is 11.4 Å². The maximum atomic E-state index is 11.7. The molecule has 130 valence electrons. The van der Waals surface area contributed by atoms with Crippen molar-refractivity contribution in [3.63, 3.8) is 0 Å². The third-order valence-corrected chi connectivity index (χ3v) is 3.82. The average Bonchev–Trinajstić information content (AvgIpc) is 2.44. The van der Waals surface area contributed by atoms with Crippen LogP contribution >= 0.6 is 15.9 Å². The lowest BCUT2D eigenvalue weighted by Gasteiger charge is -2.22. The molecule has 0 bridgehead atoms. The number of rotatable bonds is 7. The summed E-state index contributed by atoms with van der Waals surface area (Å²) in [5.41, 5.74) is 0.317. The Balaban J connectivity index is 2.52. The monoisotopic (exact) mass is 386 g/mol. The number of para-hydroxylation sites is 1. The lowest BCUT2D eigenvalue weighted by atomic mass is 10.1. The van der Waals surface area contributed by atoms with Crippen molar-refractivity contribution in [2.45, 2.75) is 58.7 Å². The van der Waals surface area contributed by atoms with Crippen molar-refractivity contribution < 1.29 is 14.6 Å². The highest BCUT2D eigenvalue weighted by Crippen LogP contribution is 2.27. The number of phenolic OH excluding ortho intramolecular Hbond substituents is 1. The van der Waals surface area contributed by atoms with Crippen molar-refractivity contribution in [3.05, 3.63) is 28.2 Å². The number of hydrogen-bond acceptors (Lipinski definition) is 4. The molecule has 0 aliphatic heterocycles. The van der Waals surface area contributed by atoms with Gasteiger partial charge in [0, 0.05) is 24.7 Å². The molecule has 1 atom stereocenters. The number of amides is 1. The van der Waals surface area contributed by atoms with Crippen LogP contribution < -0.4 is 10.6 Å². The predicted molar refractivity (Wildman–Crippen MR) is 95.6 cm³/mol. The van der Waals surface area contributed by atoms with Gasteiger partial charge in [-0.2, -0.15) is 0 Å². The zero-order valence-corrected chi connectivity index (χ0v) is 15.9. The standard InChI is InChI=1S/C17H27BrN2O3/c1-5-7-13(11-20-16(22)23-17(2,3)4)19-10-12-8-6-9-14(18)15(12)21/h6,8-9,13,19,21H,5,7,10-11H2,1-4H3,(H,20,22). The molecular formula is C17H27BrN2O3.